The Morgan fingerprint density at radius 1 is 1.36 bits per heavy atom. The SMILES string of the molecule is Cn1c(CO)cnc1SCCOc1cccc(C(F)(F)F)c1. The second-order valence-electron chi connectivity index (χ2n) is 4.47. The molecule has 0 aliphatic carbocycles. The molecule has 0 bridgehead atoms. The molecule has 2 aromatic rings. The Morgan fingerprint density at radius 2 is 2.14 bits per heavy atom. The minimum Gasteiger partial charge on any atom is -0.493 e. The van der Waals surface area contributed by atoms with E-state index in [2.05, 4.69) is 4.98 Å². The van der Waals surface area contributed by atoms with Gasteiger partial charge in [0.25, 0.3) is 0 Å². The molecule has 0 spiro atoms. The summed E-state index contributed by atoms with van der Waals surface area (Å²) in [5.74, 6) is 0.720. The van der Waals surface area contributed by atoms with Crippen molar-refractivity contribution in [1.29, 1.82) is 0 Å². The zero-order chi connectivity index (χ0) is 16.2. The van der Waals surface area contributed by atoms with Crippen molar-refractivity contribution in [2.75, 3.05) is 12.4 Å². The number of rotatable bonds is 6. The number of hydrogen-bond acceptors (Lipinski definition) is 4. The van der Waals surface area contributed by atoms with E-state index in [9.17, 15) is 13.2 Å². The molecule has 0 saturated heterocycles. The maximum Gasteiger partial charge on any atom is 0.416 e. The number of benzene rings is 1. The molecule has 0 aliphatic heterocycles. The second-order valence-corrected chi connectivity index (χ2v) is 5.53. The second kappa shape index (κ2) is 7.06. The van der Waals surface area contributed by atoms with Gasteiger partial charge in [-0.1, -0.05) is 17.8 Å². The molecule has 0 fully saturated rings. The average Bonchev–Trinajstić information content (AvgIpc) is 2.83. The molecule has 1 aromatic heterocycles. The smallest absolute Gasteiger partial charge is 0.416 e. The van der Waals surface area contributed by atoms with Crippen molar-refractivity contribution in [3.05, 3.63) is 41.7 Å². The lowest BCUT2D eigenvalue weighted by Gasteiger charge is -2.10. The van der Waals surface area contributed by atoms with Gasteiger partial charge in [-0.3, -0.25) is 0 Å². The fourth-order valence-electron chi connectivity index (χ4n) is 1.76. The third-order valence-electron chi connectivity index (χ3n) is 2.95. The first-order valence-electron chi connectivity index (χ1n) is 6.46. The molecule has 1 aromatic carbocycles. The lowest BCUT2D eigenvalue weighted by molar-refractivity contribution is -0.137. The van der Waals surface area contributed by atoms with Crippen molar-refractivity contribution in [1.82, 2.24) is 9.55 Å². The number of imidazole rings is 1. The fourth-order valence-corrected chi connectivity index (χ4v) is 2.55. The molecule has 1 N–H and O–H groups in total. The van der Waals surface area contributed by atoms with E-state index in [1.165, 1.54) is 23.9 Å². The Labute approximate surface area is 129 Å². The van der Waals surface area contributed by atoms with Crippen molar-refractivity contribution in [2.45, 2.75) is 17.9 Å². The van der Waals surface area contributed by atoms with E-state index in [0.717, 1.165) is 17.3 Å². The minimum absolute atomic E-state index is 0.0925. The zero-order valence-electron chi connectivity index (χ0n) is 11.8. The maximum absolute atomic E-state index is 12.6. The third-order valence-corrected chi connectivity index (χ3v) is 3.96. The molecule has 0 aliphatic rings. The van der Waals surface area contributed by atoms with Crippen LogP contribution in [0.3, 0.4) is 0 Å². The van der Waals surface area contributed by atoms with Crippen molar-refractivity contribution in [2.24, 2.45) is 7.05 Å². The number of nitrogens with zero attached hydrogens (tertiary/aromatic N) is 2. The van der Waals surface area contributed by atoms with Gasteiger partial charge in [0, 0.05) is 12.8 Å². The molecule has 1 heterocycles. The summed E-state index contributed by atoms with van der Waals surface area (Å²) in [6.07, 6.45) is -2.79. The third kappa shape index (κ3) is 4.17. The van der Waals surface area contributed by atoms with E-state index in [1.54, 1.807) is 17.8 Å². The summed E-state index contributed by atoms with van der Waals surface area (Å²) in [4.78, 5) is 4.14. The number of aliphatic hydroxyl groups excluding tert-OH is 1. The van der Waals surface area contributed by atoms with Gasteiger partial charge >= 0.3 is 6.18 Å². The summed E-state index contributed by atoms with van der Waals surface area (Å²) in [6, 6.07) is 4.79. The van der Waals surface area contributed by atoms with Crippen molar-refractivity contribution in [3.8, 4) is 5.75 Å². The number of thioether (sulfide) groups is 1. The lowest BCUT2D eigenvalue weighted by atomic mass is 10.2. The van der Waals surface area contributed by atoms with Crippen LogP contribution in [-0.2, 0) is 19.8 Å². The summed E-state index contributed by atoms with van der Waals surface area (Å²) >= 11 is 1.41. The number of alkyl halides is 3. The largest absolute Gasteiger partial charge is 0.493 e. The summed E-state index contributed by atoms with van der Waals surface area (Å²) in [5, 5.41) is 9.78. The Balaban J connectivity index is 1.85. The van der Waals surface area contributed by atoms with Crippen LogP contribution < -0.4 is 4.74 Å². The number of halogens is 3. The highest BCUT2D eigenvalue weighted by Crippen LogP contribution is 2.31. The van der Waals surface area contributed by atoms with Gasteiger partial charge in [0.2, 0.25) is 0 Å². The van der Waals surface area contributed by atoms with Crippen LogP contribution in [-0.4, -0.2) is 27.0 Å². The van der Waals surface area contributed by atoms with Gasteiger partial charge < -0.3 is 14.4 Å². The summed E-state index contributed by atoms with van der Waals surface area (Å²) < 4.78 is 44.8. The van der Waals surface area contributed by atoms with Crippen LogP contribution in [0, 0.1) is 0 Å². The van der Waals surface area contributed by atoms with E-state index < -0.39 is 11.7 Å². The van der Waals surface area contributed by atoms with Crippen LogP contribution in [0.2, 0.25) is 0 Å². The highest BCUT2D eigenvalue weighted by atomic mass is 32.2. The molecule has 0 unspecified atom stereocenters. The van der Waals surface area contributed by atoms with E-state index in [0.29, 0.717) is 11.4 Å². The Kier molecular flexibility index (Phi) is 5.36. The molecule has 0 radical (unpaired) electrons. The van der Waals surface area contributed by atoms with Gasteiger partial charge in [-0.15, -0.1) is 0 Å². The minimum atomic E-state index is -4.37. The van der Waals surface area contributed by atoms with Crippen LogP contribution in [0.5, 0.6) is 5.75 Å². The summed E-state index contributed by atoms with van der Waals surface area (Å²) in [7, 11) is 1.79. The van der Waals surface area contributed by atoms with Crippen LogP contribution >= 0.6 is 11.8 Å². The fraction of sp³-hybridized carbons (Fsp3) is 0.357. The molecule has 0 atom stereocenters. The molecular weight excluding hydrogens is 317 g/mol. The maximum atomic E-state index is 12.6. The van der Waals surface area contributed by atoms with Crippen molar-refractivity contribution < 1.29 is 23.0 Å². The van der Waals surface area contributed by atoms with Gasteiger partial charge in [0.05, 0.1) is 30.7 Å². The van der Waals surface area contributed by atoms with Gasteiger partial charge in [0.15, 0.2) is 5.16 Å². The zero-order valence-corrected chi connectivity index (χ0v) is 12.6. The van der Waals surface area contributed by atoms with E-state index >= 15 is 0 Å². The molecule has 0 amide bonds. The molecule has 2 rings (SSSR count). The first-order valence-corrected chi connectivity index (χ1v) is 7.44. The van der Waals surface area contributed by atoms with Gasteiger partial charge in [-0.2, -0.15) is 13.2 Å². The molecular formula is C14H15F3N2O2S. The number of hydrogen-bond donors (Lipinski definition) is 1. The number of ether oxygens (including phenoxy) is 1. The van der Waals surface area contributed by atoms with E-state index in [4.69, 9.17) is 9.84 Å². The predicted molar refractivity (Wildman–Crippen MR) is 76.8 cm³/mol. The van der Waals surface area contributed by atoms with Crippen LogP contribution in [0.25, 0.3) is 0 Å². The highest BCUT2D eigenvalue weighted by molar-refractivity contribution is 7.99. The van der Waals surface area contributed by atoms with Crippen molar-refractivity contribution >= 4 is 11.8 Å². The van der Waals surface area contributed by atoms with E-state index in [-0.39, 0.29) is 19.0 Å². The monoisotopic (exact) mass is 332 g/mol. The molecule has 120 valence electrons. The summed E-state index contributed by atoms with van der Waals surface area (Å²) in [5.41, 5.74) is -0.0318. The van der Waals surface area contributed by atoms with Gasteiger partial charge in [-0.25, -0.2) is 4.98 Å². The molecule has 0 saturated carbocycles. The average molecular weight is 332 g/mol. The topological polar surface area (TPSA) is 47.3 Å². The first kappa shape index (κ1) is 16.7. The lowest BCUT2D eigenvalue weighted by Crippen LogP contribution is -2.06. The van der Waals surface area contributed by atoms with Crippen LogP contribution in [0.15, 0.2) is 35.6 Å². The Bertz CT molecular complexity index is 629. The number of aromatic nitrogens is 2. The molecule has 22 heavy (non-hydrogen) atoms. The quantitative estimate of drug-likeness (QED) is 0.652. The standard InChI is InChI=1S/C14H15F3N2O2S/c1-19-11(9-20)8-18-13(19)22-6-5-21-12-4-2-3-10(7-12)14(15,16)17/h2-4,7-8,20H,5-6,9H2,1H3. The van der Waals surface area contributed by atoms with Gasteiger partial charge in [0.1, 0.15) is 5.75 Å². The predicted octanol–water partition coefficient (Wildman–Crippen LogP) is 3.10. The van der Waals surface area contributed by atoms with E-state index in [1.807, 2.05) is 0 Å². The molecule has 8 heteroatoms. The van der Waals surface area contributed by atoms with Gasteiger partial charge in [-0.05, 0) is 18.2 Å². The van der Waals surface area contributed by atoms with Crippen LogP contribution in [0.4, 0.5) is 13.2 Å². The first-order chi connectivity index (χ1) is 10.4. The number of aliphatic hydroxyl groups is 1. The van der Waals surface area contributed by atoms with Crippen LogP contribution in [0.1, 0.15) is 11.3 Å². The summed E-state index contributed by atoms with van der Waals surface area (Å²) in [6.45, 7) is 0.165. The van der Waals surface area contributed by atoms with Crippen molar-refractivity contribution in [3.63, 3.8) is 0 Å². The highest BCUT2D eigenvalue weighted by Gasteiger charge is 2.30. The Morgan fingerprint density at radius 3 is 2.77 bits per heavy atom. The Hall–Kier alpha value is -1.67. The normalized spacial score (nSPS) is 11.7. The molecule has 4 nitrogen and oxygen atoms in total.